The number of para-hydroxylation sites is 1. The molecule has 3 aromatic rings. The molecule has 5 rings (SSSR count). The van der Waals surface area contributed by atoms with Crippen molar-refractivity contribution in [1.82, 2.24) is 9.88 Å². The third-order valence-corrected chi connectivity index (χ3v) is 6.30. The van der Waals surface area contributed by atoms with Gasteiger partial charge in [-0.25, -0.2) is 0 Å². The Morgan fingerprint density at radius 2 is 2.03 bits per heavy atom. The van der Waals surface area contributed by atoms with Crippen molar-refractivity contribution in [2.24, 2.45) is 5.92 Å². The van der Waals surface area contributed by atoms with Crippen LogP contribution in [0.2, 0.25) is 0 Å². The van der Waals surface area contributed by atoms with Crippen LogP contribution in [0.25, 0.3) is 10.9 Å². The zero-order chi connectivity index (χ0) is 20.0. The monoisotopic (exact) mass is 387 g/mol. The van der Waals surface area contributed by atoms with Crippen molar-refractivity contribution < 1.29 is 9.59 Å². The fourth-order valence-electron chi connectivity index (χ4n) is 4.68. The van der Waals surface area contributed by atoms with Gasteiger partial charge >= 0.3 is 0 Å². The average molecular weight is 387 g/mol. The normalized spacial score (nSPS) is 19.1. The van der Waals surface area contributed by atoms with Crippen molar-refractivity contribution in [1.29, 1.82) is 0 Å². The molecular formula is C24H25N3O2. The number of carbonyl (C=O) groups excluding carboxylic acids is 2. The fraction of sp³-hybridized carbons (Fsp3) is 0.333. The minimum absolute atomic E-state index is 0.0430. The summed E-state index contributed by atoms with van der Waals surface area (Å²) < 4.78 is 0. The second-order valence-corrected chi connectivity index (χ2v) is 8.07. The molecule has 2 aliphatic rings. The summed E-state index contributed by atoms with van der Waals surface area (Å²) in [5.41, 5.74) is 5.69. The minimum Gasteiger partial charge on any atom is -0.358 e. The van der Waals surface area contributed by atoms with Crippen molar-refractivity contribution in [3.63, 3.8) is 0 Å². The second-order valence-electron chi connectivity index (χ2n) is 8.07. The van der Waals surface area contributed by atoms with Crippen LogP contribution in [-0.4, -0.2) is 34.8 Å². The number of aromatic nitrogens is 1. The van der Waals surface area contributed by atoms with Gasteiger partial charge in [0.1, 0.15) is 0 Å². The molecule has 2 amide bonds. The van der Waals surface area contributed by atoms with E-state index in [-0.39, 0.29) is 17.7 Å². The van der Waals surface area contributed by atoms with E-state index in [1.165, 1.54) is 22.2 Å². The molecule has 2 aliphatic heterocycles. The first kappa shape index (κ1) is 18.0. The third kappa shape index (κ3) is 3.11. The highest BCUT2D eigenvalue weighted by molar-refractivity contribution is 6.00. The molecule has 29 heavy (non-hydrogen) atoms. The molecule has 0 aliphatic carbocycles. The zero-order valence-corrected chi connectivity index (χ0v) is 16.6. The Hall–Kier alpha value is -3.08. The van der Waals surface area contributed by atoms with Gasteiger partial charge in [-0.2, -0.15) is 0 Å². The van der Waals surface area contributed by atoms with E-state index in [0.717, 1.165) is 24.0 Å². The number of hydrogen-bond acceptors (Lipinski definition) is 2. The van der Waals surface area contributed by atoms with Crippen LogP contribution in [-0.2, 0) is 29.0 Å². The summed E-state index contributed by atoms with van der Waals surface area (Å²) in [4.78, 5) is 33.1. The van der Waals surface area contributed by atoms with Crippen molar-refractivity contribution in [2.45, 2.75) is 32.7 Å². The van der Waals surface area contributed by atoms with Gasteiger partial charge in [-0.3, -0.25) is 9.59 Å². The molecule has 1 atom stereocenters. The summed E-state index contributed by atoms with van der Waals surface area (Å²) in [5, 5.41) is 1.19. The molecule has 1 aromatic heterocycles. The quantitative estimate of drug-likeness (QED) is 0.746. The molecular weight excluding hydrogens is 362 g/mol. The summed E-state index contributed by atoms with van der Waals surface area (Å²) in [6.07, 6.45) is 2.06. The van der Waals surface area contributed by atoms with Gasteiger partial charge in [0.2, 0.25) is 11.8 Å². The predicted octanol–water partition coefficient (Wildman–Crippen LogP) is 3.67. The van der Waals surface area contributed by atoms with Crippen LogP contribution >= 0.6 is 0 Å². The van der Waals surface area contributed by atoms with E-state index < -0.39 is 0 Å². The maximum absolute atomic E-state index is 13.3. The van der Waals surface area contributed by atoms with Gasteiger partial charge in [0.25, 0.3) is 0 Å². The van der Waals surface area contributed by atoms with Gasteiger partial charge in [-0.15, -0.1) is 0 Å². The topological polar surface area (TPSA) is 56.4 Å². The van der Waals surface area contributed by atoms with Gasteiger partial charge in [0, 0.05) is 60.3 Å². The number of H-pyrrole nitrogens is 1. The number of amides is 2. The predicted molar refractivity (Wildman–Crippen MR) is 114 cm³/mol. The minimum atomic E-state index is -0.264. The van der Waals surface area contributed by atoms with E-state index >= 15 is 0 Å². The van der Waals surface area contributed by atoms with Crippen molar-refractivity contribution in [3.8, 4) is 0 Å². The summed E-state index contributed by atoms with van der Waals surface area (Å²) in [6, 6.07) is 16.3. The Bertz CT molecular complexity index is 1100. The average Bonchev–Trinajstić information content (AvgIpc) is 3.33. The summed E-state index contributed by atoms with van der Waals surface area (Å²) >= 11 is 0. The zero-order valence-electron chi connectivity index (χ0n) is 16.6. The van der Waals surface area contributed by atoms with Crippen molar-refractivity contribution in [2.75, 3.05) is 18.0 Å². The number of nitrogens with one attached hydrogen (secondary N) is 1. The molecule has 0 saturated carbocycles. The number of carbonyl (C=O) groups is 2. The Morgan fingerprint density at radius 1 is 1.17 bits per heavy atom. The molecule has 1 saturated heterocycles. The maximum Gasteiger partial charge on any atom is 0.228 e. The lowest BCUT2D eigenvalue weighted by atomic mass is 10.0. The number of benzene rings is 2. The van der Waals surface area contributed by atoms with Crippen LogP contribution in [0.1, 0.15) is 30.2 Å². The number of aryl methyl sites for hydroxylation is 1. The Balaban J connectivity index is 1.34. The molecule has 0 spiro atoms. The molecule has 5 nitrogen and oxygen atoms in total. The number of nitrogens with zero attached hydrogens (tertiary/aromatic N) is 2. The highest BCUT2D eigenvalue weighted by Crippen LogP contribution is 2.31. The van der Waals surface area contributed by atoms with Crippen LogP contribution in [0.5, 0.6) is 0 Å². The standard InChI is InChI=1S/C24H25N3O2/c1-2-16-6-5-7-18(12-16)27-14-17(13-23(27)28)24(29)26-11-10-22-20(15-26)19-8-3-4-9-21(19)25-22/h3-9,12,17,25H,2,10-11,13-15H2,1H3/t17-/m1/s1. The first-order chi connectivity index (χ1) is 14.1. The SMILES string of the molecule is CCc1cccc(N2C[C@H](C(=O)N3CCc4[nH]c5ccccc5c4C3)CC2=O)c1. The van der Waals surface area contributed by atoms with Crippen LogP contribution in [0.3, 0.4) is 0 Å². The van der Waals surface area contributed by atoms with E-state index in [1.54, 1.807) is 4.90 Å². The van der Waals surface area contributed by atoms with Crippen LogP contribution in [0.4, 0.5) is 5.69 Å². The number of fused-ring (bicyclic) bond motifs is 3. The van der Waals surface area contributed by atoms with Gasteiger partial charge in [-0.1, -0.05) is 37.3 Å². The molecule has 1 fully saturated rings. The number of aromatic amines is 1. The molecule has 5 heteroatoms. The molecule has 3 heterocycles. The molecule has 0 radical (unpaired) electrons. The van der Waals surface area contributed by atoms with Crippen molar-refractivity contribution in [3.05, 3.63) is 65.4 Å². The molecule has 0 unspecified atom stereocenters. The Kier molecular flexibility index (Phi) is 4.38. The van der Waals surface area contributed by atoms with E-state index in [9.17, 15) is 9.59 Å². The highest BCUT2D eigenvalue weighted by Gasteiger charge is 2.38. The van der Waals surface area contributed by atoms with Crippen LogP contribution in [0, 0.1) is 5.92 Å². The van der Waals surface area contributed by atoms with Gasteiger partial charge in [0.05, 0.1) is 5.92 Å². The lowest BCUT2D eigenvalue weighted by Gasteiger charge is -2.29. The van der Waals surface area contributed by atoms with Crippen LogP contribution < -0.4 is 4.90 Å². The summed E-state index contributed by atoms with van der Waals surface area (Å²) in [6.45, 7) is 3.90. The number of rotatable bonds is 3. The fourth-order valence-corrected chi connectivity index (χ4v) is 4.68. The summed E-state index contributed by atoms with van der Waals surface area (Å²) in [5.74, 6) is -0.121. The van der Waals surface area contributed by atoms with E-state index in [1.807, 2.05) is 29.2 Å². The lowest BCUT2D eigenvalue weighted by Crippen LogP contribution is -2.40. The highest BCUT2D eigenvalue weighted by atomic mass is 16.2. The van der Waals surface area contributed by atoms with Gasteiger partial charge in [-0.05, 0) is 30.2 Å². The Morgan fingerprint density at radius 3 is 2.90 bits per heavy atom. The number of anilines is 1. The smallest absolute Gasteiger partial charge is 0.228 e. The summed E-state index contributed by atoms with van der Waals surface area (Å²) in [7, 11) is 0. The largest absolute Gasteiger partial charge is 0.358 e. The Labute approximate surface area is 170 Å². The van der Waals surface area contributed by atoms with Crippen molar-refractivity contribution >= 4 is 28.4 Å². The van der Waals surface area contributed by atoms with E-state index in [2.05, 4.69) is 36.2 Å². The third-order valence-electron chi connectivity index (χ3n) is 6.30. The van der Waals surface area contributed by atoms with E-state index in [0.29, 0.717) is 26.1 Å². The molecule has 148 valence electrons. The molecule has 2 aromatic carbocycles. The first-order valence-electron chi connectivity index (χ1n) is 10.4. The first-order valence-corrected chi connectivity index (χ1v) is 10.4. The molecule has 0 bridgehead atoms. The number of hydrogen-bond donors (Lipinski definition) is 1. The van der Waals surface area contributed by atoms with E-state index in [4.69, 9.17) is 0 Å². The lowest BCUT2D eigenvalue weighted by molar-refractivity contribution is -0.136. The maximum atomic E-state index is 13.3. The van der Waals surface area contributed by atoms with Crippen LogP contribution in [0.15, 0.2) is 48.5 Å². The van der Waals surface area contributed by atoms with Gasteiger partial charge < -0.3 is 14.8 Å². The second kappa shape index (κ2) is 7.07. The van der Waals surface area contributed by atoms with Gasteiger partial charge in [0.15, 0.2) is 0 Å². The molecule has 1 N–H and O–H groups in total.